The molecule has 2 aromatic heterocycles. The standard InChI is InChI=1S/C19H18ClN3O/c20-15-6-3-5-14(11-15)17-7-4-10-23(17)19(24)12-16-13-22-9-2-1-8-18(22)21-16/h1-3,5-6,8-9,11,13,17H,4,7,10,12H2. The van der Waals surface area contributed by atoms with Crippen LogP contribution in [0, 0.1) is 0 Å². The number of hydrogen-bond acceptors (Lipinski definition) is 2. The van der Waals surface area contributed by atoms with Crippen LogP contribution in [0.5, 0.6) is 0 Å². The van der Waals surface area contributed by atoms with Crippen LogP contribution in [0.15, 0.2) is 54.9 Å². The predicted molar refractivity (Wildman–Crippen MR) is 94.0 cm³/mol. The summed E-state index contributed by atoms with van der Waals surface area (Å²) in [6.45, 7) is 0.795. The first-order valence-corrected chi connectivity index (χ1v) is 8.56. The topological polar surface area (TPSA) is 37.6 Å². The minimum Gasteiger partial charge on any atom is -0.335 e. The zero-order chi connectivity index (χ0) is 16.5. The van der Waals surface area contributed by atoms with Crippen LogP contribution < -0.4 is 0 Å². The van der Waals surface area contributed by atoms with Crippen molar-refractivity contribution in [3.8, 4) is 0 Å². The van der Waals surface area contributed by atoms with Crippen LogP contribution in [-0.4, -0.2) is 26.7 Å². The molecule has 0 saturated carbocycles. The molecular formula is C19H18ClN3O. The van der Waals surface area contributed by atoms with Crippen molar-refractivity contribution in [2.45, 2.75) is 25.3 Å². The average molecular weight is 340 g/mol. The number of fused-ring (bicyclic) bond motifs is 1. The van der Waals surface area contributed by atoms with E-state index >= 15 is 0 Å². The van der Waals surface area contributed by atoms with E-state index in [1.165, 1.54) is 0 Å². The number of carbonyl (C=O) groups is 1. The summed E-state index contributed by atoms with van der Waals surface area (Å²) in [7, 11) is 0. The highest BCUT2D eigenvalue weighted by molar-refractivity contribution is 6.30. The predicted octanol–water partition coefficient (Wildman–Crippen LogP) is 3.89. The Morgan fingerprint density at radius 3 is 3.00 bits per heavy atom. The first-order chi connectivity index (χ1) is 11.7. The highest BCUT2D eigenvalue weighted by atomic mass is 35.5. The molecule has 1 amide bonds. The van der Waals surface area contributed by atoms with Gasteiger partial charge < -0.3 is 9.30 Å². The van der Waals surface area contributed by atoms with Gasteiger partial charge in [-0.05, 0) is 42.7 Å². The number of carbonyl (C=O) groups excluding carboxylic acids is 1. The molecular weight excluding hydrogens is 322 g/mol. The van der Waals surface area contributed by atoms with E-state index in [2.05, 4.69) is 4.98 Å². The van der Waals surface area contributed by atoms with Gasteiger partial charge in [-0.3, -0.25) is 4.79 Å². The van der Waals surface area contributed by atoms with Crippen LogP contribution in [0.3, 0.4) is 0 Å². The van der Waals surface area contributed by atoms with E-state index < -0.39 is 0 Å². The van der Waals surface area contributed by atoms with Gasteiger partial charge in [-0.2, -0.15) is 0 Å². The molecule has 1 atom stereocenters. The molecule has 1 unspecified atom stereocenters. The summed E-state index contributed by atoms with van der Waals surface area (Å²) in [5.74, 6) is 0.126. The number of pyridine rings is 1. The van der Waals surface area contributed by atoms with Crippen molar-refractivity contribution in [2.24, 2.45) is 0 Å². The van der Waals surface area contributed by atoms with E-state index in [4.69, 9.17) is 11.6 Å². The lowest BCUT2D eigenvalue weighted by Crippen LogP contribution is -2.31. The third kappa shape index (κ3) is 2.89. The van der Waals surface area contributed by atoms with E-state index in [0.29, 0.717) is 11.4 Å². The maximum atomic E-state index is 12.8. The summed E-state index contributed by atoms with van der Waals surface area (Å²) in [4.78, 5) is 19.3. The van der Waals surface area contributed by atoms with E-state index in [1.807, 2.05) is 64.2 Å². The van der Waals surface area contributed by atoms with Crippen LogP contribution in [0.2, 0.25) is 5.02 Å². The van der Waals surface area contributed by atoms with Crippen molar-refractivity contribution in [1.29, 1.82) is 0 Å². The fraction of sp³-hybridized carbons (Fsp3) is 0.263. The van der Waals surface area contributed by atoms with Crippen molar-refractivity contribution < 1.29 is 4.79 Å². The van der Waals surface area contributed by atoms with Crippen molar-refractivity contribution in [1.82, 2.24) is 14.3 Å². The van der Waals surface area contributed by atoms with Crippen LogP contribution in [0.1, 0.15) is 30.1 Å². The number of amides is 1. The summed E-state index contributed by atoms with van der Waals surface area (Å²) < 4.78 is 1.95. The van der Waals surface area contributed by atoms with Gasteiger partial charge in [0.2, 0.25) is 5.91 Å². The van der Waals surface area contributed by atoms with Crippen LogP contribution in [0.4, 0.5) is 0 Å². The van der Waals surface area contributed by atoms with Crippen molar-refractivity contribution >= 4 is 23.2 Å². The molecule has 3 heterocycles. The quantitative estimate of drug-likeness (QED) is 0.726. The Bertz CT molecular complexity index is 856. The zero-order valence-electron chi connectivity index (χ0n) is 13.2. The average Bonchev–Trinajstić information content (AvgIpc) is 3.21. The smallest absolute Gasteiger partial charge is 0.229 e. The van der Waals surface area contributed by atoms with E-state index in [1.54, 1.807) is 0 Å². The maximum absolute atomic E-state index is 12.8. The summed E-state index contributed by atoms with van der Waals surface area (Å²) in [5, 5.41) is 0.715. The Morgan fingerprint density at radius 2 is 2.17 bits per heavy atom. The molecule has 0 bridgehead atoms. The van der Waals surface area contributed by atoms with Crippen LogP contribution in [0.25, 0.3) is 5.65 Å². The third-order valence-electron chi connectivity index (χ3n) is 4.55. The molecule has 4 nitrogen and oxygen atoms in total. The second-order valence-corrected chi connectivity index (χ2v) is 6.61. The first kappa shape index (κ1) is 15.2. The molecule has 1 aliphatic heterocycles. The van der Waals surface area contributed by atoms with Gasteiger partial charge in [0.25, 0.3) is 0 Å². The molecule has 0 aliphatic carbocycles. The summed E-state index contributed by atoms with van der Waals surface area (Å²) >= 11 is 6.11. The highest BCUT2D eigenvalue weighted by Crippen LogP contribution is 2.33. The Kier molecular flexibility index (Phi) is 3.98. The van der Waals surface area contributed by atoms with Crippen molar-refractivity contribution in [3.63, 3.8) is 0 Å². The SMILES string of the molecule is O=C(Cc1cn2ccccc2n1)N1CCCC1c1cccc(Cl)c1. The Balaban J connectivity index is 1.54. The van der Waals surface area contributed by atoms with Gasteiger partial charge in [0.05, 0.1) is 18.2 Å². The molecule has 1 aliphatic rings. The minimum atomic E-state index is 0.119. The Labute approximate surface area is 145 Å². The van der Waals surface area contributed by atoms with Crippen molar-refractivity contribution in [2.75, 3.05) is 6.54 Å². The minimum absolute atomic E-state index is 0.119. The lowest BCUT2D eigenvalue weighted by atomic mass is 10.0. The van der Waals surface area contributed by atoms with Gasteiger partial charge in [-0.25, -0.2) is 4.98 Å². The summed E-state index contributed by atoms with van der Waals surface area (Å²) in [6.07, 6.45) is 6.21. The lowest BCUT2D eigenvalue weighted by molar-refractivity contribution is -0.131. The Morgan fingerprint density at radius 1 is 1.25 bits per heavy atom. The normalized spacial score (nSPS) is 17.5. The van der Waals surface area contributed by atoms with E-state index in [-0.39, 0.29) is 11.9 Å². The molecule has 1 fully saturated rings. The number of benzene rings is 1. The fourth-order valence-corrected chi connectivity index (χ4v) is 3.65. The maximum Gasteiger partial charge on any atom is 0.229 e. The highest BCUT2D eigenvalue weighted by Gasteiger charge is 2.30. The molecule has 3 aromatic rings. The lowest BCUT2D eigenvalue weighted by Gasteiger charge is -2.25. The monoisotopic (exact) mass is 339 g/mol. The molecule has 24 heavy (non-hydrogen) atoms. The second kappa shape index (κ2) is 6.29. The van der Waals surface area contributed by atoms with E-state index in [0.717, 1.165) is 36.3 Å². The second-order valence-electron chi connectivity index (χ2n) is 6.18. The van der Waals surface area contributed by atoms with Crippen LogP contribution in [-0.2, 0) is 11.2 Å². The third-order valence-corrected chi connectivity index (χ3v) is 4.79. The molecule has 1 saturated heterocycles. The largest absolute Gasteiger partial charge is 0.335 e. The van der Waals surface area contributed by atoms with Gasteiger partial charge in [-0.1, -0.05) is 29.8 Å². The number of hydrogen-bond donors (Lipinski definition) is 0. The molecule has 0 spiro atoms. The zero-order valence-corrected chi connectivity index (χ0v) is 14.0. The summed E-state index contributed by atoms with van der Waals surface area (Å²) in [6, 6.07) is 13.8. The molecule has 4 rings (SSSR count). The number of nitrogens with zero attached hydrogens (tertiary/aromatic N) is 3. The molecule has 0 N–H and O–H groups in total. The molecule has 5 heteroatoms. The number of halogens is 1. The van der Waals surface area contributed by atoms with Gasteiger partial charge in [0.15, 0.2) is 0 Å². The van der Waals surface area contributed by atoms with Gasteiger partial charge in [0.1, 0.15) is 5.65 Å². The van der Waals surface area contributed by atoms with Gasteiger partial charge in [-0.15, -0.1) is 0 Å². The number of likely N-dealkylation sites (tertiary alicyclic amines) is 1. The number of rotatable bonds is 3. The number of imidazole rings is 1. The first-order valence-electron chi connectivity index (χ1n) is 8.18. The molecule has 0 radical (unpaired) electrons. The number of aromatic nitrogens is 2. The molecule has 122 valence electrons. The van der Waals surface area contributed by atoms with Gasteiger partial charge in [0, 0.05) is 24.0 Å². The fourth-order valence-electron chi connectivity index (χ4n) is 3.45. The van der Waals surface area contributed by atoms with Gasteiger partial charge >= 0.3 is 0 Å². The van der Waals surface area contributed by atoms with Crippen LogP contribution >= 0.6 is 11.6 Å². The Hall–Kier alpha value is -2.33. The van der Waals surface area contributed by atoms with E-state index in [9.17, 15) is 4.79 Å². The van der Waals surface area contributed by atoms with Crippen molar-refractivity contribution in [3.05, 3.63) is 71.1 Å². The molecule has 1 aromatic carbocycles. The summed E-state index contributed by atoms with van der Waals surface area (Å²) in [5.41, 5.74) is 2.79.